The molecule has 1 aliphatic rings. The second kappa shape index (κ2) is 11.8. The van der Waals surface area contributed by atoms with E-state index in [0.29, 0.717) is 17.9 Å². The van der Waals surface area contributed by atoms with Gasteiger partial charge in [-0.05, 0) is 92.7 Å². The monoisotopic (exact) mass is 518 g/mol. The summed E-state index contributed by atoms with van der Waals surface area (Å²) in [5.41, 5.74) is 4.33. The fourth-order valence-electron chi connectivity index (χ4n) is 5.09. The summed E-state index contributed by atoms with van der Waals surface area (Å²) in [7, 11) is 3.25. The number of phenols is 2. The molecule has 37 heavy (non-hydrogen) atoms. The van der Waals surface area contributed by atoms with Gasteiger partial charge in [-0.3, -0.25) is 4.90 Å². The fraction of sp³-hybridized carbons (Fsp3) is 0.367. The lowest BCUT2D eigenvalue weighted by molar-refractivity contribution is 0.124. The average molecular weight is 519 g/mol. The first-order valence-corrected chi connectivity index (χ1v) is 13.4. The Labute approximate surface area is 223 Å². The predicted molar refractivity (Wildman–Crippen MR) is 147 cm³/mol. The molecule has 7 heteroatoms. The number of nitriles is 1. The van der Waals surface area contributed by atoms with Crippen molar-refractivity contribution in [2.75, 3.05) is 20.8 Å². The maximum atomic E-state index is 10.2. The second-order valence-electron chi connectivity index (χ2n) is 9.48. The van der Waals surface area contributed by atoms with E-state index in [2.05, 4.69) is 55.1 Å². The van der Waals surface area contributed by atoms with Gasteiger partial charge in [-0.2, -0.15) is 5.26 Å². The van der Waals surface area contributed by atoms with Crippen LogP contribution in [0.1, 0.15) is 54.1 Å². The largest absolute Gasteiger partial charge is 0.504 e. The van der Waals surface area contributed by atoms with Gasteiger partial charge in [-0.25, -0.2) is 0 Å². The lowest BCUT2D eigenvalue weighted by atomic mass is 9.85. The van der Waals surface area contributed by atoms with Crippen molar-refractivity contribution in [3.05, 3.63) is 76.9 Å². The summed E-state index contributed by atoms with van der Waals surface area (Å²) < 4.78 is 11.0. The molecule has 3 atom stereocenters. The van der Waals surface area contributed by atoms with Crippen LogP contribution >= 0.6 is 11.8 Å². The third kappa shape index (κ3) is 5.98. The summed E-state index contributed by atoms with van der Waals surface area (Å²) in [6, 6.07) is 20.2. The highest BCUT2D eigenvalue weighted by Crippen LogP contribution is 2.45. The van der Waals surface area contributed by atoms with Crippen LogP contribution in [-0.2, 0) is 6.42 Å². The van der Waals surface area contributed by atoms with Crippen molar-refractivity contribution in [1.29, 1.82) is 5.26 Å². The van der Waals surface area contributed by atoms with Gasteiger partial charge in [0.25, 0.3) is 0 Å². The third-order valence-corrected chi connectivity index (χ3v) is 8.29. The predicted octanol–water partition coefficient (Wildman–Crippen LogP) is 6.55. The summed E-state index contributed by atoms with van der Waals surface area (Å²) in [5.74, 6) is 1.14. The number of aryl methyl sites for hydroxylation is 1. The Kier molecular flexibility index (Phi) is 8.52. The Morgan fingerprint density at radius 3 is 2.41 bits per heavy atom. The van der Waals surface area contributed by atoms with Crippen molar-refractivity contribution in [3.8, 4) is 29.1 Å². The normalized spacial score (nSPS) is 18.0. The highest BCUT2D eigenvalue weighted by Gasteiger charge is 2.34. The van der Waals surface area contributed by atoms with E-state index in [1.165, 1.54) is 5.56 Å². The molecule has 0 bridgehead atoms. The van der Waals surface area contributed by atoms with Crippen LogP contribution < -0.4 is 9.47 Å². The van der Waals surface area contributed by atoms with Crippen molar-refractivity contribution >= 4 is 11.8 Å². The SMILES string of the molecule is COc1ccc(C2Cc3cc(O)c(O)cc3C(C)N2CCCC(C#N)Sc2ccc(C)cc2)cc1OC. The molecule has 0 aliphatic carbocycles. The van der Waals surface area contributed by atoms with Crippen LogP contribution in [0.15, 0.2) is 59.5 Å². The maximum absolute atomic E-state index is 10.2. The summed E-state index contributed by atoms with van der Waals surface area (Å²) >= 11 is 1.61. The molecule has 3 aromatic carbocycles. The zero-order valence-corrected chi connectivity index (χ0v) is 22.6. The lowest BCUT2D eigenvalue weighted by Gasteiger charge is -2.42. The molecule has 3 aromatic rings. The highest BCUT2D eigenvalue weighted by molar-refractivity contribution is 8.00. The molecule has 0 saturated carbocycles. The molecule has 0 aromatic heterocycles. The molecule has 6 nitrogen and oxygen atoms in total. The molecule has 0 amide bonds. The smallest absolute Gasteiger partial charge is 0.161 e. The average Bonchev–Trinajstić information content (AvgIpc) is 2.91. The fourth-order valence-corrected chi connectivity index (χ4v) is 6.04. The molecular weight excluding hydrogens is 484 g/mol. The number of thioether (sulfide) groups is 1. The van der Waals surface area contributed by atoms with Gasteiger partial charge in [0.2, 0.25) is 0 Å². The molecule has 1 heterocycles. The van der Waals surface area contributed by atoms with E-state index in [4.69, 9.17) is 9.47 Å². The molecule has 0 saturated heterocycles. The minimum atomic E-state index is -0.129. The van der Waals surface area contributed by atoms with E-state index >= 15 is 0 Å². The Morgan fingerprint density at radius 1 is 1.03 bits per heavy atom. The van der Waals surface area contributed by atoms with Gasteiger partial charge in [0.1, 0.15) is 0 Å². The van der Waals surface area contributed by atoms with E-state index in [1.807, 2.05) is 12.1 Å². The van der Waals surface area contributed by atoms with Crippen molar-refractivity contribution < 1.29 is 19.7 Å². The minimum Gasteiger partial charge on any atom is -0.504 e. The van der Waals surface area contributed by atoms with Gasteiger partial charge >= 0.3 is 0 Å². The Bertz CT molecular complexity index is 1270. The zero-order chi connectivity index (χ0) is 26.5. The van der Waals surface area contributed by atoms with Gasteiger partial charge < -0.3 is 19.7 Å². The van der Waals surface area contributed by atoms with Crippen LogP contribution in [0, 0.1) is 18.3 Å². The molecule has 194 valence electrons. The number of fused-ring (bicyclic) bond motifs is 1. The quantitative estimate of drug-likeness (QED) is 0.245. The number of phenolic OH excluding ortho intramolecular Hbond substituents is 2. The number of methoxy groups -OCH3 is 2. The van der Waals surface area contributed by atoms with Gasteiger partial charge in [-0.15, -0.1) is 11.8 Å². The van der Waals surface area contributed by atoms with Crippen molar-refractivity contribution in [2.24, 2.45) is 0 Å². The van der Waals surface area contributed by atoms with Crippen LogP contribution in [0.2, 0.25) is 0 Å². The van der Waals surface area contributed by atoms with Gasteiger partial charge in [0.05, 0.1) is 25.5 Å². The van der Waals surface area contributed by atoms with Crippen LogP contribution in [0.5, 0.6) is 23.0 Å². The van der Waals surface area contributed by atoms with E-state index < -0.39 is 0 Å². The van der Waals surface area contributed by atoms with Crippen molar-refractivity contribution in [3.63, 3.8) is 0 Å². The van der Waals surface area contributed by atoms with Gasteiger partial charge in [0.15, 0.2) is 23.0 Å². The molecule has 2 N–H and O–H groups in total. The van der Waals surface area contributed by atoms with E-state index in [9.17, 15) is 15.5 Å². The van der Waals surface area contributed by atoms with E-state index in [-0.39, 0.29) is 28.8 Å². The van der Waals surface area contributed by atoms with E-state index in [1.54, 1.807) is 38.1 Å². The summed E-state index contributed by atoms with van der Waals surface area (Å²) in [4.78, 5) is 3.53. The maximum Gasteiger partial charge on any atom is 0.161 e. The minimum absolute atomic E-state index is 0.0126. The van der Waals surface area contributed by atoms with Crippen LogP contribution in [-0.4, -0.2) is 41.1 Å². The number of aromatic hydroxyl groups is 2. The summed E-state index contributed by atoms with van der Waals surface area (Å²) in [6.45, 7) is 4.98. The highest BCUT2D eigenvalue weighted by atomic mass is 32.2. The van der Waals surface area contributed by atoms with Crippen molar-refractivity contribution in [1.82, 2.24) is 4.90 Å². The number of rotatable bonds is 9. The molecule has 0 radical (unpaired) electrons. The third-order valence-electron chi connectivity index (χ3n) is 7.12. The number of hydrogen-bond donors (Lipinski definition) is 2. The lowest BCUT2D eigenvalue weighted by Crippen LogP contribution is -2.38. The number of nitrogens with zero attached hydrogens (tertiary/aromatic N) is 2. The Hall–Kier alpha value is -3.34. The number of hydrogen-bond acceptors (Lipinski definition) is 7. The first-order valence-electron chi connectivity index (χ1n) is 12.5. The second-order valence-corrected chi connectivity index (χ2v) is 10.8. The summed E-state index contributed by atoms with van der Waals surface area (Å²) in [5, 5.41) is 30.0. The van der Waals surface area contributed by atoms with E-state index in [0.717, 1.165) is 41.0 Å². The summed E-state index contributed by atoms with van der Waals surface area (Å²) in [6.07, 6.45) is 2.30. The van der Waals surface area contributed by atoms with Gasteiger partial charge in [-0.1, -0.05) is 23.8 Å². The van der Waals surface area contributed by atoms with Crippen LogP contribution in [0.4, 0.5) is 0 Å². The molecular formula is C30H34N2O4S. The number of ether oxygens (including phenoxy) is 2. The first kappa shape index (κ1) is 26.7. The first-order chi connectivity index (χ1) is 17.8. The number of benzene rings is 3. The van der Waals surface area contributed by atoms with Gasteiger partial charge in [0, 0.05) is 17.0 Å². The van der Waals surface area contributed by atoms with Crippen molar-refractivity contribution in [2.45, 2.75) is 55.3 Å². The van der Waals surface area contributed by atoms with Crippen LogP contribution in [0.3, 0.4) is 0 Å². The molecule has 0 spiro atoms. The molecule has 4 rings (SSSR count). The standard InChI is InChI=1S/C30H34N2O4S/c1-19-7-10-23(11-8-19)37-24(18-31)6-5-13-32-20(2)25-17-28(34)27(33)15-22(25)14-26(32)21-9-12-29(35-3)30(16-21)36-4/h7-12,15-17,20,24,26,33-34H,5-6,13-14H2,1-4H3. The van der Waals surface area contributed by atoms with Crippen LogP contribution in [0.25, 0.3) is 0 Å². The Morgan fingerprint density at radius 2 is 1.73 bits per heavy atom. The topological polar surface area (TPSA) is 86.0 Å². The Balaban J connectivity index is 1.57. The molecule has 1 aliphatic heterocycles. The zero-order valence-electron chi connectivity index (χ0n) is 21.8. The molecule has 0 fully saturated rings. The molecule has 3 unspecified atom stereocenters.